The Morgan fingerprint density at radius 2 is 0.667 bits per heavy atom. The average molecular weight is 1140 g/mol. The summed E-state index contributed by atoms with van der Waals surface area (Å²) in [7, 11) is 5.94. The highest BCUT2D eigenvalue weighted by Gasteiger charge is 2.22. The number of allylic oxidation sites excluding steroid dienone is 8. The molecular weight excluding hydrogens is 1010 g/mol. The summed E-state index contributed by atoms with van der Waals surface area (Å²) in [4.78, 5) is 37.5. The Morgan fingerprint density at radius 1 is 0.370 bits per heavy atom. The van der Waals surface area contributed by atoms with Gasteiger partial charge in [0.1, 0.15) is 13.2 Å². The van der Waals surface area contributed by atoms with Gasteiger partial charge in [-0.25, -0.2) is 0 Å². The highest BCUT2D eigenvalue weighted by Crippen LogP contribution is 2.18. The molecule has 0 saturated carbocycles. The molecule has 9 heteroatoms. The molecule has 0 aromatic rings. The van der Waals surface area contributed by atoms with Gasteiger partial charge in [0.15, 0.2) is 12.4 Å². The quantitative estimate of drug-likeness (QED) is 0.0195. The van der Waals surface area contributed by atoms with Crippen molar-refractivity contribution >= 4 is 17.9 Å². The Bertz CT molecular complexity index is 1470. The van der Waals surface area contributed by atoms with Crippen LogP contribution in [-0.4, -0.2) is 82.3 Å². The maximum Gasteiger partial charge on any atom is 0.306 e. The lowest BCUT2D eigenvalue weighted by Crippen LogP contribution is -2.44. The summed E-state index contributed by atoms with van der Waals surface area (Å²) in [6.45, 7) is 4.79. The van der Waals surface area contributed by atoms with E-state index in [4.69, 9.17) is 18.9 Å². The number of carboxylic acid groups (broad SMARTS) is 1. The molecule has 9 nitrogen and oxygen atoms in total. The van der Waals surface area contributed by atoms with Gasteiger partial charge in [-0.05, 0) is 77.0 Å². The highest BCUT2D eigenvalue weighted by molar-refractivity contribution is 5.70. The summed E-state index contributed by atoms with van der Waals surface area (Å²) >= 11 is 0. The second-order valence-electron chi connectivity index (χ2n) is 24.8. The minimum absolute atomic E-state index is 0.149. The number of carbonyl (C=O) groups excluding carboxylic acids is 3. The fourth-order valence-electron chi connectivity index (χ4n) is 10.2. The number of carbonyl (C=O) groups is 3. The number of hydrogen-bond acceptors (Lipinski definition) is 8. The lowest BCUT2D eigenvalue weighted by molar-refractivity contribution is -0.870. The van der Waals surface area contributed by atoms with E-state index in [-0.39, 0.29) is 32.2 Å². The normalized spacial score (nSPS) is 13.0. The van der Waals surface area contributed by atoms with Crippen LogP contribution in [0.2, 0.25) is 0 Å². The fraction of sp³-hybridized carbons (Fsp3) is 0.847. The Labute approximate surface area is 502 Å². The summed E-state index contributed by atoms with van der Waals surface area (Å²) in [6, 6.07) is 0. The van der Waals surface area contributed by atoms with Gasteiger partial charge in [-0.1, -0.05) is 294 Å². The molecule has 0 amide bonds. The first-order chi connectivity index (χ1) is 39.6. The molecule has 0 rings (SSSR count). The molecule has 0 aromatic carbocycles. The molecule has 474 valence electrons. The smallest absolute Gasteiger partial charge is 0.306 e. The zero-order valence-corrected chi connectivity index (χ0v) is 54.2. The SMILES string of the molecule is CCCCCCC/C=C\C/C=C\C/C=C\CCCCCCCCCCCCCCCCC(=O)OC(COC(=O)CCCCCCCCCCCCCCCCC/C=C\CCCCCCCCCC)COC(OCC[N+](C)(C)C)C(=O)[O-]. The average Bonchev–Trinajstić information content (AvgIpc) is 3.44. The lowest BCUT2D eigenvalue weighted by Gasteiger charge is -2.26. The van der Waals surface area contributed by atoms with Gasteiger partial charge in [0.2, 0.25) is 0 Å². The van der Waals surface area contributed by atoms with E-state index in [9.17, 15) is 19.5 Å². The van der Waals surface area contributed by atoms with Crippen molar-refractivity contribution in [3.05, 3.63) is 48.6 Å². The van der Waals surface area contributed by atoms with Crippen LogP contribution in [0, 0.1) is 0 Å². The summed E-state index contributed by atoms with van der Waals surface area (Å²) in [5, 5.41) is 11.8. The zero-order valence-electron chi connectivity index (χ0n) is 54.2. The molecular formula is C72H133NO8. The molecule has 0 heterocycles. The van der Waals surface area contributed by atoms with Crippen molar-refractivity contribution < 1.29 is 42.9 Å². The van der Waals surface area contributed by atoms with Crippen LogP contribution < -0.4 is 5.11 Å². The third kappa shape index (κ3) is 64.7. The molecule has 2 atom stereocenters. The molecule has 0 N–H and O–H groups in total. The number of likely N-dealkylation sites (N-methyl/N-ethyl adjacent to an activating group) is 1. The summed E-state index contributed by atoms with van der Waals surface area (Å²) in [5.41, 5.74) is 0. The van der Waals surface area contributed by atoms with Crippen molar-refractivity contribution in [3.8, 4) is 0 Å². The largest absolute Gasteiger partial charge is 0.545 e. The van der Waals surface area contributed by atoms with Crippen LogP contribution in [0.1, 0.15) is 335 Å². The molecule has 0 radical (unpaired) electrons. The molecule has 0 aliphatic carbocycles. The number of quaternary nitrogens is 1. The first-order valence-electron chi connectivity index (χ1n) is 34.8. The molecule has 0 spiro atoms. The van der Waals surface area contributed by atoms with Gasteiger partial charge in [-0.15, -0.1) is 0 Å². The molecule has 2 unspecified atom stereocenters. The predicted octanol–water partition coefficient (Wildman–Crippen LogP) is 20.0. The van der Waals surface area contributed by atoms with E-state index >= 15 is 0 Å². The molecule has 0 fully saturated rings. The molecule has 0 saturated heterocycles. The second kappa shape index (κ2) is 63.3. The molecule has 0 aromatic heterocycles. The van der Waals surface area contributed by atoms with E-state index in [1.54, 1.807) is 0 Å². The highest BCUT2D eigenvalue weighted by atomic mass is 16.7. The number of ether oxygens (including phenoxy) is 4. The van der Waals surface area contributed by atoms with Gasteiger partial charge in [-0.2, -0.15) is 0 Å². The topological polar surface area (TPSA) is 111 Å². The summed E-state index contributed by atoms with van der Waals surface area (Å²) in [5.74, 6) is -2.26. The van der Waals surface area contributed by atoms with Crippen molar-refractivity contribution in [1.82, 2.24) is 0 Å². The van der Waals surface area contributed by atoms with Crippen molar-refractivity contribution in [3.63, 3.8) is 0 Å². The number of unbranched alkanes of at least 4 members (excludes halogenated alkanes) is 42. The van der Waals surface area contributed by atoms with Crippen LogP contribution in [-0.2, 0) is 33.3 Å². The van der Waals surface area contributed by atoms with Crippen molar-refractivity contribution in [2.24, 2.45) is 0 Å². The first kappa shape index (κ1) is 78.2. The zero-order chi connectivity index (χ0) is 59.1. The Morgan fingerprint density at radius 3 is 1.00 bits per heavy atom. The summed E-state index contributed by atoms with van der Waals surface area (Å²) < 4.78 is 22.8. The van der Waals surface area contributed by atoms with Crippen LogP contribution in [0.3, 0.4) is 0 Å². The standard InChI is InChI=1S/C72H133NO8/c1-6-8-10-12-14-16-18-20-22-24-26-28-30-32-34-35-37-39-41-43-45-47-49-51-53-55-57-59-61-63-70(75)81-68(67-80-72(71(76)77)78-65-64-73(3,4)5)66-79-69(74)62-60-58-56-54-52-50-48-46-44-42-40-38-36-33-31-29-27-25-23-21-19-17-15-13-11-9-7-2/h18,20,24-27,30,32,68,72H,6-17,19,21-23,28-29,31,33-67H2,1-5H3/b20-18-,26-24-,27-25-,32-30-. The molecule has 0 bridgehead atoms. The van der Waals surface area contributed by atoms with Crippen molar-refractivity contribution in [2.45, 2.75) is 347 Å². The molecule has 0 aliphatic rings. The fourth-order valence-corrected chi connectivity index (χ4v) is 10.2. The minimum atomic E-state index is -1.62. The van der Waals surface area contributed by atoms with Gasteiger partial charge < -0.3 is 33.3 Å². The van der Waals surface area contributed by atoms with Crippen LogP contribution in [0.25, 0.3) is 0 Å². The first-order valence-corrected chi connectivity index (χ1v) is 34.8. The van der Waals surface area contributed by atoms with Crippen LogP contribution in [0.4, 0.5) is 0 Å². The van der Waals surface area contributed by atoms with Gasteiger partial charge in [0, 0.05) is 12.8 Å². The predicted molar refractivity (Wildman–Crippen MR) is 343 cm³/mol. The van der Waals surface area contributed by atoms with Crippen LogP contribution in [0.15, 0.2) is 48.6 Å². The maximum atomic E-state index is 12.9. The van der Waals surface area contributed by atoms with E-state index in [1.807, 2.05) is 21.1 Å². The van der Waals surface area contributed by atoms with E-state index < -0.39 is 24.3 Å². The van der Waals surface area contributed by atoms with Crippen LogP contribution >= 0.6 is 0 Å². The number of carboxylic acids is 1. The number of nitrogens with zero attached hydrogens (tertiary/aromatic N) is 1. The number of esters is 2. The van der Waals surface area contributed by atoms with Crippen molar-refractivity contribution in [2.75, 3.05) is 47.5 Å². The minimum Gasteiger partial charge on any atom is -0.545 e. The molecule has 0 aliphatic heterocycles. The Hall–Kier alpha value is -2.75. The van der Waals surface area contributed by atoms with Gasteiger partial charge >= 0.3 is 11.9 Å². The maximum absolute atomic E-state index is 12.9. The number of rotatable bonds is 65. The Kier molecular flexibility index (Phi) is 61.1. The van der Waals surface area contributed by atoms with Crippen LogP contribution in [0.5, 0.6) is 0 Å². The van der Waals surface area contributed by atoms with Gasteiger partial charge in [0.25, 0.3) is 0 Å². The Balaban J connectivity index is 4.10. The van der Waals surface area contributed by atoms with Gasteiger partial charge in [-0.3, -0.25) is 9.59 Å². The molecule has 81 heavy (non-hydrogen) atoms. The number of hydrogen-bond donors (Lipinski definition) is 0. The monoisotopic (exact) mass is 1140 g/mol. The van der Waals surface area contributed by atoms with E-state index in [0.717, 1.165) is 44.9 Å². The van der Waals surface area contributed by atoms with Crippen molar-refractivity contribution in [1.29, 1.82) is 0 Å². The third-order valence-electron chi connectivity index (χ3n) is 15.5. The van der Waals surface area contributed by atoms with E-state index in [1.165, 1.54) is 257 Å². The van der Waals surface area contributed by atoms with Gasteiger partial charge in [0.05, 0.1) is 40.3 Å². The van der Waals surface area contributed by atoms with E-state index in [2.05, 4.69) is 62.5 Å². The summed E-state index contributed by atoms with van der Waals surface area (Å²) in [6.07, 6.45) is 77.6. The number of aliphatic carboxylic acids is 1. The lowest BCUT2D eigenvalue weighted by atomic mass is 10.0. The second-order valence-corrected chi connectivity index (χ2v) is 24.8. The third-order valence-corrected chi connectivity index (χ3v) is 15.5. The van der Waals surface area contributed by atoms with E-state index in [0.29, 0.717) is 23.9 Å².